The van der Waals surface area contributed by atoms with Gasteiger partial charge < -0.3 is 5.11 Å². The first-order valence-electron chi connectivity index (χ1n) is 2.64. The summed E-state index contributed by atoms with van der Waals surface area (Å²) >= 11 is 6.99. The molecule has 0 fully saturated rings. The number of rotatable bonds is 1. The van der Waals surface area contributed by atoms with Gasteiger partial charge in [0, 0.05) is 0 Å². The van der Waals surface area contributed by atoms with Gasteiger partial charge in [-0.3, -0.25) is 0 Å². The van der Waals surface area contributed by atoms with Crippen molar-refractivity contribution in [2.24, 2.45) is 4.99 Å². The van der Waals surface area contributed by atoms with E-state index in [1.165, 1.54) is 0 Å². The highest BCUT2D eigenvalue weighted by molar-refractivity contribution is 8.14. The van der Waals surface area contributed by atoms with Crippen LogP contribution in [0.5, 0.6) is 0 Å². The standard InChI is InChI=1S/C5H8ClNOS/c1-4-7-5(8,2-6)3-9-4/h8H,2-3H2,1H3/t5-/m0/s1. The third kappa shape index (κ3) is 1.60. The fourth-order valence-corrected chi connectivity index (χ4v) is 1.75. The van der Waals surface area contributed by atoms with Crippen LogP contribution in [0.25, 0.3) is 0 Å². The Morgan fingerprint density at radius 3 is 2.89 bits per heavy atom. The van der Waals surface area contributed by atoms with E-state index in [0.29, 0.717) is 5.75 Å². The molecule has 1 N–H and O–H groups in total. The molecule has 1 aliphatic heterocycles. The Morgan fingerprint density at radius 2 is 2.67 bits per heavy atom. The number of thioether (sulfide) groups is 1. The first kappa shape index (κ1) is 7.38. The summed E-state index contributed by atoms with van der Waals surface area (Å²) in [6.45, 7) is 1.87. The fourth-order valence-electron chi connectivity index (χ4n) is 0.646. The summed E-state index contributed by atoms with van der Waals surface area (Å²) in [6.07, 6.45) is 0. The van der Waals surface area contributed by atoms with Crippen LogP contribution in [0.1, 0.15) is 6.92 Å². The minimum atomic E-state index is -0.976. The number of aliphatic hydroxyl groups is 1. The Bertz CT molecular complexity index is 150. The highest BCUT2D eigenvalue weighted by atomic mass is 35.5. The number of halogens is 1. The van der Waals surface area contributed by atoms with Crippen LogP contribution >= 0.6 is 23.4 Å². The van der Waals surface area contributed by atoms with E-state index >= 15 is 0 Å². The van der Waals surface area contributed by atoms with Crippen LogP contribution in [0.15, 0.2) is 4.99 Å². The maximum Gasteiger partial charge on any atom is 0.179 e. The Hall–Kier alpha value is 0.270. The van der Waals surface area contributed by atoms with Crippen molar-refractivity contribution in [3.05, 3.63) is 0 Å². The Morgan fingerprint density at radius 1 is 2.00 bits per heavy atom. The van der Waals surface area contributed by atoms with E-state index in [2.05, 4.69) is 4.99 Å². The third-order valence-corrected chi connectivity index (χ3v) is 2.64. The predicted octanol–water partition coefficient (Wildman–Crippen LogP) is 1.08. The summed E-state index contributed by atoms with van der Waals surface area (Å²) in [7, 11) is 0. The lowest BCUT2D eigenvalue weighted by Gasteiger charge is -2.12. The lowest BCUT2D eigenvalue weighted by Crippen LogP contribution is -2.28. The smallest absolute Gasteiger partial charge is 0.179 e. The molecule has 0 bridgehead atoms. The van der Waals surface area contributed by atoms with E-state index in [4.69, 9.17) is 11.6 Å². The van der Waals surface area contributed by atoms with Gasteiger partial charge in [-0.2, -0.15) is 0 Å². The number of aliphatic imine (C=N–C) groups is 1. The average Bonchev–Trinajstić information content (AvgIpc) is 2.13. The molecule has 1 atom stereocenters. The summed E-state index contributed by atoms with van der Waals surface area (Å²) in [4.78, 5) is 3.94. The van der Waals surface area contributed by atoms with Gasteiger partial charge in [0.25, 0.3) is 0 Å². The Balaban J connectivity index is 2.64. The topological polar surface area (TPSA) is 32.6 Å². The molecule has 2 nitrogen and oxygen atoms in total. The average molecular weight is 166 g/mol. The molecule has 1 aliphatic rings. The molecule has 0 saturated carbocycles. The number of hydrogen-bond donors (Lipinski definition) is 1. The molecular weight excluding hydrogens is 158 g/mol. The third-order valence-electron chi connectivity index (χ3n) is 1.09. The molecule has 0 spiro atoms. The Kier molecular flexibility index (Phi) is 2.03. The predicted molar refractivity (Wildman–Crippen MR) is 41.2 cm³/mol. The van der Waals surface area contributed by atoms with Gasteiger partial charge in [0.05, 0.1) is 16.7 Å². The van der Waals surface area contributed by atoms with E-state index in [9.17, 15) is 5.11 Å². The van der Waals surface area contributed by atoms with Crippen molar-refractivity contribution in [3.63, 3.8) is 0 Å². The fraction of sp³-hybridized carbons (Fsp3) is 0.800. The van der Waals surface area contributed by atoms with E-state index in [0.717, 1.165) is 5.04 Å². The largest absolute Gasteiger partial charge is 0.367 e. The van der Waals surface area contributed by atoms with Gasteiger partial charge in [-0.15, -0.1) is 23.4 Å². The second kappa shape index (κ2) is 2.48. The monoisotopic (exact) mass is 165 g/mol. The van der Waals surface area contributed by atoms with Crippen molar-refractivity contribution in [1.29, 1.82) is 0 Å². The van der Waals surface area contributed by atoms with Gasteiger partial charge in [0.1, 0.15) is 0 Å². The van der Waals surface area contributed by atoms with Gasteiger partial charge in [-0.05, 0) is 6.92 Å². The zero-order chi connectivity index (χ0) is 6.91. The van der Waals surface area contributed by atoms with Crippen LogP contribution in [0, 0.1) is 0 Å². The molecule has 9 heavy (non-hydrogen) atoms. The quantitative estimate of drug-likeness (QED) is 0.590. The Labute approximate surface area is 63.3 Å². The zero-order valence-corrected chi connectivity index (χ0v) is 6.67. The van der Waals surface area contributed by atoms with Crippen LogP contribution in [-0.4, -0.2) is 27.5 Å². The molecule has 0 aromatic rings. The van der Waals surface area contributed by atoms with E-state index in [1.807, 2.05) is 6.92 Å². The molecule has 52 valence electrons. The minimum absolute atomic E-state index is 0.192. The van der Waals surface area contributed by atoms with Crippen molar-refractivity contribution in [2.75, 3.05) is 11.6 Å². The van der Waals surface area contributed by atoms with Gasteiger partial charge in [-0.25, -0.2) is 4.99 Å². The highest BCUT2D eigenvalue weighted by Gasteiger charge is 2.30. The number of nitrogens with zero attached hydrogens (tertiary/aromatic N) is 1. The first-order valence-corrected chi connectivity index (χ1v) is 4.16. The zero-order valence-electron chi connectivity index (χ0n) is 5.09. The second-order valence-corrected chi connectivity index (χ2v) is 3.47. The summed E-state index contributed by atoms with van der Waals surface area (Å²) in [5.41, 5.74) is -0.976. The molecule has 0 radical (unpaired) electrons. The molecule has 0 aromatic heterocycles. The van der Waals surface area contributed by atoms with Gasteiger partial charge >= 0.3 is 0 Å². The van der Waals surface area contributed by atoms with Crippen molar-refractivity contribution in [2.45, 2.75) is 12.6 Å². The summed E-state index contributed by atoms with van der Waals surface area (Å²) in [5.74, 6) is 0.791. The molecule has 0 saturated heterocycles. The summed E-state index contributed by atoms with van der Waals surface area (Å²) < 4.78 is 0. The van der Waals surface area contributed by atoms with Crippen LogP contribution in [0.3, 0.4) is 0 Å². The van der Waals surface area contributed by atoms with Crippen LogP contribution < -0.4 is 0 Å². The van der Waals surface area contributed by atoms with Crippen LogP contribution in [0.2, 0.25) is 0 Å². The molecule has 1 rings (SSSR count). The molecule has 0 amide bonds. The van der Waals surface area contributed by atoms with Crippen LogP contribution in [-0.2, 0) is 0 Å². The minimum Gasteiger partial charge on any atom is -0.367 e. The van der Waals surface area contributed by atoms with Crippen molar-refractivity contribution < 1.29 is 5.11 Å². The SMILES string of the molecule is CC1=N[C@](O)(CCl)CS1. The maximum absolute atomic E-state index is 9.33. The highest BCUT2D eigenvalue weighted by Crippen LogP contribution is 2.25. The van der Waals surface area contributed by atoms with Crippen molar-refractivity contribution in [3.8, 4) is 0 Å². The molecule has 4 heteroatoms. The second-order valence-electron chi connectivity index (χ2n) is 2.04. The lowest BCUT2D eigenvalue weighted by atomic mass is 10.3. The van der Waals surface area contributed by atoms with Gasteiger partial charge in [0.2, 0.25) is 0 Å². The molecule has 0 aliphatic carbocycles. The molecule has 1 heterocycles. The van der Waals surface area contributed by atoms with E-state index in [1.54, 1.807) is 11.8 Å². The number of hydrogen-bond acceptors (Lipinski definition) is 3. The van der Waals surface area contributed by atoms with Crippen LogP contribution in [0.4, 0.5) is 0 Å². The first-order chi connectivity index (χ1) is 4.16. The van der Waals surface area contributed by atoms with Gasteiger partial charge in [-0.1, -0.05) is 0 Å². The molecular formula is C5H8ClNOS. The maximum atomic E-state index is 9.33. The molecule has 0 aromatic carbocycles. The summed E-state index contributed by atoms with van der Waals surface area (Å²) in [6, 6.07) is 0. The van der Waals surface area contributed by atoms with Gasteiger partial charge in [0.15, 0.2) is 5.72 Å². The normalized spacial score (nSPS) is 34.8. The molecule has 0 unspecified atom stereocenters. The van der Waals surface area contributed by atoms with Crippen molar-refractivity contribution >= 4 is 28.4 Å². The summed E-state index contributed by atoms with van der Waals surface area (Å²) in [5, 5.41) is 10.2. The number of alkyl halides is 1. The van der Waals surface area contributed by atoms with E-state index in [-0.39, 0.29) is 5.88 Å². The van der Waals surface area contributed by atoms with E-state index < -0.39 is 5.72 Å². The lowest BCUT2D eigenvalue weighted by molar-refractivity contribution is 0.102. The van der Waals surface area contributed by atoms with Crippen molar-refractivity contribution in [1.82, 2.24) is 0 Å².